The van der Waals surface area contributed by atoms with Gasteiger partial charge in [-0.25, -0.2) is 4.99 Å². The highest BCUT2D eigenvalue weighted by molar-refractivity contribution is 5.94. The van der Waals surface area contributed by atoms with E-state index in [4.69, 9.17) is 4.99 Å². The van der Waals surface area contributed by atoms with Gasteiger partial charge >= 0.3 is 0 Å². The van der Waals surface area contributed by atoms with Gasteiger partial charge in [0.2, 0.25) is 0 Å². The molecule has 30 heavy (non-hydrogen) atoms. The Bertz CT molecular complexity index is 1020. The predicted molar refractivity (Wildman–Crippen MR) is 123 cm³/mol. The molecule has 0 saturated carbocycles. The lowest BCUT2D eigenvalue weighted by Crippen LogP contribution is -2.38. The molecule has 0 saturated heterocycles. The number of carbonyl (C=O) groups excluding carboxylic acids is 1. The van der Waals surface area contributed by atoms with Gasteiger partial charge in [0.1, 0.15) is 0 Å². The summed E-state index contributed by atoms with van der Waals surface area (Å²) in [4.78, 5) is 23.0. The lowest BCUT2D eigenvalue weighted by Gasteiger charge is -2.13. The summed E-state index contributed by atoms with van der Waals surface area (Å²) < 4.78 is 0. The fourth-order valence-electron chi connectivity index (χ4n) is 3.24. The van der Waals surface area contributed by atoms with E-state index in [2.05, 4.69) is 33.8 Å². The van der Waals surface area contributed by atoms with Crippen molar-refractivity contribution in [3.05, 3.63) is 77.5 Å². The van der Waals surface area contributed by atoms with Crippen LogP contribution in [0.5, 0.6) is 0 Å². The lowest BCUT2D eigenvalue weighted by molar-refractivity contribution is 0.0827. The van der Waals surface area contributed by atoms with E-state index in [1.54, 1.807) is 19.0 Å². The molecule has 0 fully saturated rings. The molecule has 1 heterocycles. The van der Waals surface area contributed by atoms with Crippen molar-refractivity contribution in [2.45, 2.75) is 19.9 Å². The van der Waals surface area contributed by atoms with Crippen LogP contribution in [0.25, 0.3) is 10.9 Å². The maximum atomic E-state index is 12.2. The fourth-order valence-corrected chi connectivity index (χ4v) is 3.24. The largest absolute Gasteiger partial charge is 0.357 e. The zero-order valence-electron chi connectivity index (χ0n) is 17.9. The minimum Gasteiger partial charge on any atom is -0.357 e. The molecule has 0 spiro atoms. The van der Waals surface area contributed by atoms with Crippen molar-refractivity contribution in [1.82, 2.24) is 20.5 Å². The van der Waals surface area contributed by atoms with Gasteiger partial charge in [0.15, 0.2) is 5.96 Å². The zero-order valence-corrected chi connectivity index (χ0v) is 17.9. The van der Waals surface area contributed by atoms with Crippen molar-refractivity contribution < 1.29 is 4.79 Å². The van der Waals surface area contributed by atoms with Gasteiger partial charge in [-0.3, -0.25) is 9.78 Å². The molecule has 0 bridgehead atoms. The number of hydrogen-bond donors (Lipinski definition) is 2. The van der Waals surface area contributed by atoms with Crippen molar-refractivity contribution in [3.63, 3.8) is 0 Å². The first-order chi connectivity index (χ1) is 14.6. The van der Waals surface area contributed by atoms with E-state index in [1.807, 2.05) is 49.5 Å². The summed E-state index contributed by atoms with van der Waals surface area (Å²) in [6.45, 7) is 4.11. The van der Waals surface area contributed by atoms with E-state index in [0.29, 0.717) is 12.1 Å². The summed E-state index contributed by atoms with van der Waals surface area (Å²) in [7, 11) is 3.53. The maximum absolute atomic E-state index is 12.2. The Kier molecular flexibility index (Phi) is 7.38. The Hall–Kier alpha value is -3.41. The molecule has 0 radical (unpaired) electrons. The summed E-state index contributed by atoms with van der Waals surface area (Å²) in [6, 6.07) is 18.0. The minimum atomic E-state index is 0.0170. The number of pyridine rings is 1. The van der Waals surface area contributed by atoms with E-state index in [-0.39, 0.29) is 5.91 Å². The van der Waals surface area contributed by atoms with E-state index in [9.17, 15) is 4.79 Å². The second kappa shape index (κ2) is 10.4. The van der Waals surface area contributed by atoms with E-state index >= 15 is 0 Å². The quantitative estimate of drug-likeness (QED) is 0.469. The Morgan fingerprint density at radius 1 is 1.07 bits per heavy atom. The van der Waals surface area contributed by atoms with Gasteiger partial charge in [0.05, 0.1) is 12.1 Å². The molecule has 2 aromatic carbocycles. The molecule has 3 rings (SSSR count). The minimum absolute atomic E-state index is 0.0170. The molecule has 0 aliphatic heterocycles. The highest BCUT2D eigenvalue weighted by atomic mass is 16.2. The lowest BCUT2D eigenvalue weighted by atomic mass is 10.1. The Morgan fingerprint density at radius 2 is 1.87 bits per heavy atom. The predicted octanol–water partition coefficient (Wildman–Crippen LogP) is 3.23. The average molecular weight is 404 g/mol. The van der Waals surface area contributed by atoms with Gasteiger partial charge in [-0.15, -0.1) is 0 Å². The molecule has 0 aliphatic rings. The molecule has 0 atom stereocenters. The number of carbonyl (C=O) groups is 1. The van der Waals surface area contributed by atoms with Crippen LogP contribution in [0.3, 0.4) is 0 Å². The molecule has 6 nitrogen and oxygen atoms in total. The van der Waals surface area contributed by atoms with Gasteiger partial charge in [-0.1, -0.05) is 36.4 Å². The van der Waals surface area contributed by atoms with Gasteiger partial charge < -0.3 is 15.5 Å². The van der Waals surface area contributed by atoms with Crippen LogP contribution in [0, 0.1) is 0 Å². The number of nitrogens with one attached hydrogen (secondary N) is 2. The molecular formula is C24H29N5O. The Balaban J connectivity index is 1.63. The normalized spacial score (nSPS) is 11.4. The highest BCUT2D eigenvalue weighted by Gasteiger charge is 2.08. The first kappa shape index (κ1) is 21.3. The topological polar surface area (TPSA) is 69.6 Å². The summed E-state index contributed by atoms with van der Waals surface area (Å²) in [5.74, 6) is 0.786. The smallest absolute Gasteiger partial charge is 0.253 e. The van der Waals surface area contributed by atoms with Crippen LogP contribution in [0.15, 0.2) is 65.8 Å². The van der Waals surface area contributed by atoms with Crippen LogP contribution in [0.4, 0.5) is 0 Å². The highest BCUT2D eigenvalue weighted by Crippen LogP contribution is 2.16. The zero-order chi connectivity index (χ0) is 21.3. The third-order valence-electron chi connectivity index (χ3n) is 4.75. The van der Waals surface area contributed by atoms with Gasteiger partial charge in [-0.2, -0.15) is 0 Å². The number of benzene rings is 2. The van der Waals surface area contributed by atoms with Crippen LogP contribution in [0.1, 0.15) is 28.4 Å². The third kappa shape index (κ3) is 5.56. The van der Waals surface area contributed by atoms with Crippen LogP contribution < -0.4 is 10.6 Å². The van der Waals surface area contributed by atoms with Crippen molar-refractivity contribution in [3.8, 4) is 0 Å². The standard InChI is InChI=1S/C24H29N5O/c1-4-25-24(28-17-21-11-6-9-19-12-7-14-26-22(19)21)27-15-13-18-8-5-10-20(16-18)23(30)29(2)3/h5-12,14,16H,4,13,15,17H2,1-3H3,(H2,25,27,28). The van der Waals surface area contributed by atoms with Crippen molar-refractivity contribution in [2.24, 2.45) is 4.99 Å². The third-order valence-corrected chi connectivity index (χ3v) is 4.75. The van der Waals surface area contributed by atoms with Crippen molar-refractivity contribution >= 4 is 22.8 Å². The monoisotopic (exact) mass is 403 g/mol. The molecule has 156 valence electrons. The molecular weight excluding hydrogens is 374 g/mol. The van der Waals surface area contributed by atoms with Crippen molar-refractivity contribution in [2.75, 3.05) is 27.2 Å². The number of fused-ring (bicyclic) bond motifs is 1. The van der Waals surface area contributed by atoms with Crippen LogP contribution in [-0.2, 0) is 13.0 Å². The summed E-state index contributed by atoms with van der Waals surface area (Å²) in [5, 5.41) is 7.79. The first-order valence-corrected chi connectivity index (χ1v) is 10.2. The molecule has 3 aromatic rings. The molecule has 2 N–H and O–H groups in total. The van der Waals surface area contributed by atoms with E-state index in [0.717, 1.165) is 47.5 Å². The number of aromatic nitrogens is 1. The summed E-state index contributed by atoms with van der Waals surface area (Å²) in [6.07, 6.45) is 2.61. The van der Waals surface area contributed by atoms with Gasteiger partial charge in [0.25, 0.3) is 5.91 Å². The fraction of sp³-hybridized carbons (Fsp3) is 0.292. The summed E-state index contributed by atoms with van der Waals surface area (Å²) >= 11 is 0. The number of aliphatic imine (C=N–C) groups is 1. The van der Waals surface area contributed by atoms with E-state index < -0.39 is 0 Å². The summed E-state index contributed by atoms with van der Waals surface area (Å²) in [5.41, 5.74) is 3.91. The number of rotatable bonds is 7. The van der Waals surface area contributed by atoms with Gasteiger partial charge in [0, 0.05) is 44.3 Å². The van der Waals surface area contributed by atoms with Crippen molar-refractivity contribution in [1.29, 1.82) is 0 Å². The second-order valence-corrected chi connectivity index (χ2v) is 7.26. The Morgan fingerprint density at radius 3 is 2.67 bits per heavy atom. The number of amides is 1. The first-order valence-electron chi connectivity index (χ1n) is 10.2. The molecule has 1 amide bonds. The van der Waals surface area contributed by atoms with E-state index in [1.165, 1.54) is 0 Å². The molecule has 6 heteroatoms. The van der Waals surface area contributed by atoms with Crippen LogP contribution in [0.2, 0.25) is 0 Å². The second-order valence-electron chi connectivity index (χ2n) is 7.26. The number of nitrogens with zero attached hydrogens (tertiary/aromatic N) is 3. The molecule has 0 aliphatic carbocycles. The SMILES string of the molecule is CCNC(=NCc1cccc2cccnc12)NCCc1cccc(C(=O)N(C)C)c1. The molecule has 1 aromatic heterocycles. The van der Waals surface area contributed by atoms with Gasteiger partial charge in [-0.05, 0) is 42.7 Å². The van der Waals surface area contributed by atoms with Crippen LogP contribution >= 0.6 is 0 Å². The molecule has 0 unspecified atom stereocenters. The maximum Gasteiger partial charge on any atom is 0.253 e. The average Bonchev–Trinajstić information content (AvgIpc) is 2.77. The number of hydrogen-bond acceptors (Lipinski definition) is 3. The Labute approximate surface area is 178 Å². The number of guanidine groups is 1. The van der Waals surface area contributed by atoms with Crippen LogP contribution in [-0.4, -0.2) is 48.9 Å². The number of para-hydroxylation sites is 1.